The number of nitrogens with two attached hydrogens (primary N) is 1. The maximum absolute atomic E-state index is 13.4. The van der Waals surface area contributed by atoms with E-state index >= 15 is 0 Å². The van der Waals surface area contributed by atoms with Gasteiger partial charge in [0.25, 0.3) is 0 Å². The van der Waals surface area contributed by atoms with Gasteiger partial charge in [-0.1, -0.05) is 15.9 Å². The molecule has 2 unspecified atom stereocenters. The van der Waals surface area contributed by atoms with Gasteiger partial charge in [0.2, 0.25) is 0 Å². The van der Waals surface area contributed by atoms with Crippen LogP contribution in [0.3, 0.4) is 0 Å². The lowest BCUT2D eigenvalue weighted by molar-refractivity contribution is -0.0495. The zero-order chi connectivity index (χ0) is 14.7. The van der Waals surface area contributed by atoms with Gasteiger partial charge in [-0.2, -0.15) is 0 Å². The summed E-state index contributed by atoms with van der Waals surface area (Å²) in [7, 11) is 0. The molecule has 2 atom stereocenters. The van der Waals surface area contributed by atoms with E-state index in [1.165, 1.54) is 12.1 Å². The van der Waals surface area contributed by atoms with Crippen molar-refractivity contribution in [3.63, 3.8) is 0 Å². The van der Waals surface area contributed by atoms with E-state index in [9.17, 15) is 4.39 Å². The van der Waals surface area contributed by atoms with Gasteiger partial charge in [-0.15, -0.1) is 0 Å². The van der Waals surface area contributed by atoms with E-state index in [2.05, 4.69) is 34.7 Å². The predicted molar refractivity (Wildman–Crippen MR) is 82.2 cm³/mol. The molecule has 0 bridgehead atoms. The van der Waals surface area contributed by atoms with Gasteiger partial charge in [0.05, 0.1) is 12.7 Å². The molecule has 0 aromatic heterocycles. The molecule has 0 amide bonds. The molecule has 3 nitrogen and oxygen atoms in total. The standard InChI is InChI=1S/C15H22BrFN2O/c1-10(2)19-3-4-20-15(9-19)14(18)7-11-5-12(16)8-13(17)6-11/h5-6,8,10,14-15H,3-4,7,9,18H2,1-2H3. The molecule has 0 aliphatic carbocycles. The molecule has 1 heterocycles. The van der Waals surface area contributed by atoms with Crippen molar-refractivity contribution in [2.24, 2.45) is 5.73 Å². The number of nitrogens with zero attached hydrogens (tertiary/aromatic N) is 1. The Labute approximate surface area is 128 Å². The number of hydrogen-bond donors (Lipinski definition) is 1. The highest BCUT2D eigenvalue weighted by Gasteiger charge is 2.27. The lowest BCUT2D eigenvalue weighted by atomic mass is 10.0. The minimum absolute atomic E-state index is 0.00759. The van der Waals surface area contributed by atoms with Gasteiger partial charge in [-0.3, -0.25) is 4.90 Å². The van der Waals surface area contributed by atoms with Crippen LogP contribution in [0.1, 0.15) is 19.4 Å². The van der Waals surface area contributed by atoms with E-state index in [4.69, 9.17) is 10.5 Å². The molecular formula is C15H22BrFN2O. The lowest BCUT2D eigenvalue weighted by Crippen LogP contribution is -2.53. The van der Waals surface area contributed by atoms with Crippen molar-refractivity contribution >= 4 is 15.9 Å². The fraction of sp³-hybridized carbons (Fsp3) is 0.600. The Balaban J connectivity index is 1.98. The first-order valence-electron chi connectivity index (χ1n) is 7.02. The highest BCUT2D eigenvalue weighted by atomic mass is 79.9. The van der Waals surface area contributed by atoms with Gasteiger partial charge in [0.1, 0.15) is 5.82 Å². The van der Waals surface area contributed by atoms with E-state index in [0.29, 0.717) is 19.1 Å². The van der Waals surface area contributed by atoms with Crippen molar-refractivity contribution in [3.8, 4) is 0 Å². The Morgan fingerprint density at radius 3 is 2.85 bits per heavy atom. The lowest BCUT2D eigenvalue weighted by Gasteiger charge is -2.38. The Morgan fingerprint density at radius 2 is 2.20 bits per heavy atom. The van der Waals surface area contributed by atoms with Gasteiger partial charge >= 0.3 is 0 Å². The summed E-state index contributed by atoms with van der Waals surface area (Å²) < 4.78 is 19.9. The highest BCUT2D eigenvalue weighted by Crippen LogP contribution is 2.18. The number of benzene rings is 1. The molecule has 1 aliphatic heterocycles. The molecule has 20 heavy (non-hydrogen) atoms. The molecular weight excluding hydrogens is 323 g/mol. The van der Waals surface area contributed by atoms with E-state index in [0.717, 1.165) is 23.1 Å². The quantitative estimate of drug-likeness (QED) is 0.912. The topological polar surface area (TPSA) is 38.5 Å². The van der Waals surface area contributed by atoms with Crippen molar-refractivity contribution in [1.29, 1.82) is 0 Å². The van der Waals surface area contributed by atoms with Crippen LogP contribution in [-0.4, -0.2) is 42.8 Å². The van der Waals surface area contributed by atoms with Crippen LogP contribution in [0.2, 0.25) is 0 Å². The monoisotopic (exact) mass is 344 g/mol. The third-order valence-corrected chi connectivity index (χ3v) is 4.18. The zero-order valence-electron chi connectivity index (χ0n) is 12.0. The van der Waals surface area contributed by atoms with Crippen LogP contribution in [0.5, 0.6) is 0 Å². The van der Waals surface area contributed by atoms with E-state index in [1.807, 2.05) is 6.07 Å². The maximum atomic E-state index is 13.4. The van der Waals surface area contributed by atoms with Crippen LogP contribution >= 0.6 is 15.9 Å². The molecule has 112 valence electrons. The van der Waals surface area contributed by atoms with Gasteiger partial charge in [0, 0.05) is 29.6 Å². The predicted octanol–water partition coefficient (Wildman–Crippen LogP) is 2.57. The van der Waals surface area contributed by atoms with Gasteiger partial charge in [0.15, 0.2) is 0 Å². The van der Waals surface area contributed by atoms with Crippen molar-refractivity contribution in [1.82, 2.24) is 4.90 Å². The molecule has 2 N–H and O–H groups in total. The zero-order valence-corrected chi connectivity index (χ0v) is 13.6. The van der Waals surface area contributed by atoms with Crippen LogP contribution in [0.4, 0.5) is 4.39 Å². The molecule has 0 spiro atoms. The fourth-order valence-corrected chi connectivity index (χ4v) is 3.07. The summed E-state index contributed by atoms with van der Waals surface area (Å²) in [5.74, 6) is -0.241. The molecule has 1 aromatic carbocycles. The number of ether oxygens (including phenoxy) is 1. The van der Waals surface area contributed by atoms with Crippen molar-refractivity contribution < 1.29 is 9.13 Å². The van der Waals surface area contributed by atoms with Crippen molar-refractivity contribution in [2.75, 3.05) is 19.7 Å². The fourth-order valence-electron chi connectivity index (χ4n) is 2.56. The Hall–Kier alpha value is -0.490. The average molecular weight is 345 g/mol. The molecule has 5 heteroatoms. The van der Waals surface area contributed by atoms with Crippen LogP contribution < -0.4 is 5.73 Å². The van der Waals surface area contributed by atoms with Crippen molar-refractivity contribution in [2.45, 2.75) is 38.5 Å². The molecule has 1 fully saturated rings. The molecule has 0 radical (unpaired) electrons. The molecule has 0 saturated carbocycles. The van der Waals surface area contributed by atoms with Gasteiger partial charge < -0.3 is 10.5 Å². The number of morpholine rings is 1. The first kappa shape index (κ1) is 15.9. The Morgan fingerprint density at radius 1 is 1.45 bits per heavy atom. The molecule has 1 aromatic rings. The minimum Gasteiger partial charge on any atom is -0.374 e. The van der Waals surface area contributed by atoms with Crippen molar-refractivity contribution in [3.05, 3.63) is 34.1 Å². The second-order valence-corrected chi connectivity index (χ2v) is 6.56. The summed E-state index contributed by atoms with van der Waals surface area (Å²) >= 11 is 3.31. The average Bonchev–Trinajstić information content (AvgIpc) is 2.37. The third-order valence-electron chi connectivity index (χ3n) is 3.73. The van der Waals surface area contributed by atoms with E-state index in [1.54, 1.807) is 0 Å². The first-order chi connectivity index (χ1) is 9.45. The van der Waals surface area contributed by atoms with E-state index < -0.39 is 0 Å². The van der Waals surface area contributed by atoms with Crippen LogP contribution in [-0.2, 0) is 11.2 Å². The second-order valence-electron chi connectivity index (χ2n) is 5.64. The smallest absolute Gasteiger partial charge is 0.124 e. The molecule has 1 aliphatic rings. The largest absolute Gasteiger partial charge is 0.374 e. The number of halogens is 2. The highest BCUT2D eigenvalue weighted by molar-refractivity contribution is 9.10. The third kappa shape index (κ3) is 4.25. The van der Waals surface area contributed by atoms with Crippen LogP contribution in [0, 0.1) is 5.82 Å². The second kappa shape index (κ2) is 6.98. The summed E-state index contributed by atoms with van der Waals surface area (Å²) in [6, 6.07) is 5.27. The van der Waals surface area contributed by atoms with Gasteiger partial charge in [-0.25, -0.2) is 4.39 Å². The van der Waals surface area contributed by atoms with Gasteiger partial charge in [-0.05, 0) is 44.0 Å². The number of rotatable bonds is 4. The summed E-state index contributed by atoms with van der Waals surface area (Å²) in [6.07, 6.45) is 0.626. The molecule has 2 rings (SSSR count). The molecule has 1 saturated heterocycles. The maximum Gasteiger partial charge on any atom is 0.124 e. The van der Waals surface area contributed by atoms with Crippen LogP contribution in [0.25, 0.3) is 0 Å². The minimum atomic E-state index is -0.241. The summed E-state index contributed by atoms with van der Waals surface area (Å²) in [6.45, 7) is 6.86. The SMILES string of the molecule is CC(C)N1CCOC(C(N)Cc2cc(F)cc(Br)c2)C1. The van der Waals surface area contributed by atoms with Crippen LogP contribution in [0.15, 0.2) is 22.7 Å². The first-order valence-corrected chi connectivity index (χ1v) is 7.81. The Kier molecular flexibility index (Phi) is 5.55. The summed E-state index contributed by atoms with van der Waals surface area (Å²) in [5.41, 5.74) is 7.15. The Bertz CT molecular complexity index is 435. The number of hydrogen-bond acceptors (Lipinski definition) is 3. The van der Waals surface area contributed by atoms with E-state index in [-0.39, 0.29) is 18.0 Å². The normalized spacial score (nSPS) is 22.2. The summed E-state index contributed by atoms with van der Waals surface area (Å²) in [5, 5.41) is 0. The summed E-state index contributed by atoms with van der Waals surface area (Å²) in [4.78, 5) is 2.37.